The summed E-state index contributed by atoms with van der Waals surface area (Å²) < 4.78 is 26.5. The fraction of sp³-hybridized carbons (Fsp3) is 0.500. The van der Waals surface area contributed by atoms with Crippen LogP contribution < -0.4 is 15.0 Å². The number of carbonyl (C=O) groups excluding carboxylic acids is 1. The van der Waals surface area contributed by atoms with E-state index in [1.54, 1.807) is 0 Å². The van der Waals surface area contributed by atoms with Crippen molar-refractivity contribution in [3.63, 3.8) is 0 Å². The van der Waals surface area contributed by atoms with E-state index in [2.05, 4.69) is 33.9 Å². The molecule has 0 saturated carbocycles. The summed E-state index contributed by atoms with van der Waals surface area (Å²) in [5, 5.41) is 3.45. The van der Waals surface area contributed by atoms with Gasteiger partial charge >= 0.3 is 0 Å². The van der Waals surface area contributed by atoms with E-state index in [9.17, 15) is 9.18 Å². The molecule has 9 heteroatoms. The first-order valence-corrected chi connectivity index (χ1v) is 13.3. The van der Waals surface area contributed by atoms with Gasteiger partial charge in [0, 0.05) is 32.2 Å². The quantitative estimate of drug-likeness (QED) is 0.634. The molecule has 0 spiro atoms. The van der Waals surface area contributed by atoms with Gasteiger partial charge < -0.3 is 24.6 Å². The first-order chi connectivity index (χ1) is 18.1. The predicted octanol–water partition coefficient (Wildman–Crippen LogP) is 3.66. The number of pyridine rings is 1. The van der Waals surface area contributed by atoms with Crippen molar-refractivity contribution in [2.45, 2.75) is 37.8 Å². The Morgan fingerprint density at radius 2 is 1.95 bits per heavy atom. The summed E-state index contributed by atoms with van der Waals surface area (Å²) in [6, 6.07) is 6.80. The first kappa shape index (κ1) is 24.2. The smallest absolute Gasteiger partial charge is 0.246 e. The van der Waals surface area contributed by atoms with Gasteiger partial charge in [0.2, 0.25) is 5.91 Å². The van der Waals surface area contributed by atoms with Crippen LogP contribution in [-0.4, -0.2) is 79.2 Å². The highest BCUT2D eigenvalue weighted by atomic mass is 19.1. The molecular weight excluding hydrogens is 473 g/mol. The molecular formula is C28H34FN5O3. The number of ether oxygens (including phenoxy) is 2. The van der Waals surface area contributed by atoms with Crippen molar-refractivity contribution >= 4 is 23.1 Å². The number of carbonyl (C=O) groups is 1. The molecule has 37 heavy (non-hydrogen) atoms. The lowest BCUT2D eigenvalue weighted by atomic mass is 9.88. The fourth-order valence-electron chi connectivity index (χ4n) is 6.16. The van der Waals surface area contributed by atoms with Crippen LogP contribution >= 0.6 is 0 Å². The third-order valence-electron chi connectivity index (χ3n) is 8.23. The van der Waals surface area contributed by atoms with Crippen LogP contribution in [0.3, 0.4) is 0 Å². The van der Waals surface area contributed by atoms with Gasteiger partial charge in [0.1, 0.15) is 18.2 Å². The highest BCUT2D eigenvalue weighted by Crippen LogP contribution is 2.40. The summed E-state index contributed by atoms with van der Waals surface area (Å²) in [7, 11) is 0. The van der Waals surface area contributed by atoms with E-state index in [0.717, 1.165) is 62.4 Å². The molecule has 3 fully saturated rings. The van der Waals surface area contributed by atoms with Gasteiger partial charge in [-0.1, -0.05) is 12.6 Å². The van der Waals surface area contributed by atoms with Crippen molar-refractivity contribution in [1.29, 1.82) is 0 Å². The number of hydrogen-bond acceptors (Lipinski definition) is 7. The molecule has 196 valence electrons. The number of halogens is 1. The molecule has 1 N–H and O–H groups in total. The number of nitrogens with one attached hydrogen (secondary N) is 1. The van der Waals surface area contributed by atoms with Crippen molar-refractivity contribution in [2.75, 3.05) is 62.7 Å². The highest BCUT2D eigenvalue weighted by molar-refractivity contribution is 5.87. The second-order valence-electron chi connectivity index (χ2n) is 10.3. The van der Waals surface area contributed by atoms with Crippen LogP contribution in [-0.2, 0) is 16.1 Å². The van der Waals surface area contributed by atoms with Gasteiger partial charge in [-0.05, 0) is 62.0 Å². The Labute approximate surface area is 217 Å². The van der Waals surface area contributed by atoms with Gasteiger partial charge in [0.15, 0.2) is 5.82 Å². The number of nitrogens with zero attached hydrogens (tertiary/aromatic N) is 4. The number of rotatable bonds is 4. The first-order valence-electron chi connectivity index (χ1n) is 13.3. The standard InChI is InChI=1S/C28H34FN5O3/c1-2-26(35)34-10-7-21(17-34)32-8-5-19(6-9-32)20-3-4-25-24(15-20)31-28-22(18-37-25)27(23(29)16-30-28)33-11-13-36-14-12-33/h2-4,15-16,19,21H,1,5-14,17-18H2,(H,30,31)/t21-/m1/s1. The van der Waals surface area contributed by atoms with Gasteiger partial charge in [0.05, 0.1) is 36.3 Å². The number of likely N-dealkylation sites (tertiary alicyclic amines) is 2. The molecule has 0 radical (unpaired) electrons. The van der Waals surface area contributed by atoms with Gasteiger partial charge in [-0.3, -0.25) is 9.69 Å². The molecule has 4 aliphatic heterocycles. The van der Waals surface area contributed by atoms with E-state index >= 15 is 0 Å². The average Bonchev–Trinajstić information content (AvgIpc) is 3.36. The number of fused-ring (bicyclic) bond motifs is 2. The van der Waals surface area contributed by atoms with Crippen LogP contribution in [0.1, 0.15) is 36.3 Å². The Balaban J connectivity index is 1.15. The average molecular weight is 508 g/mol. The van der Waals surface area contributed by atoms with Crippen molar-refractivity contribution in [1.82, 2.24) is 14.8 Å². The molecule has 1 aromatic carbocycles. The zero-order chi connectivity index (χ0) is 25.4. The second-order valence-corrected chi connectivity index (χ2v) is 10.3. The van der Waals surface area contributed by atoms with E-state index in [1.165, 1.54) is 17.8 Å². The maximum absolute atomic E-state index is 14.9. The molecule has 4 aliphatic rings. The molecule has 0 aliphatic carbocycles. The summed E-state index contributed by atoms with van der Waals surface area (Å²) in [4.78, 5) is 22.8. The van der Waals surface area contributed by atoms with Crippen LogP contribution in [0.2, 0.25) is 0 Å². The zero-order valence-electron chi connectivity index (χ0n) is 21.1. The van der Waals surface area contributed by atoms with Gasteiger partial charge in [0.25, 0.3) is 0 Å². The lowest BCUT2D eigenvalue weighted by Crippen LogP contribution is -2.42. The van der Waals surface area contributed by atoms with E-state index in [1.807, 2.05) is 15.9 Å². The Kier molecular flexibility index (Phi) is 6.73. The molecule has 6 rings (SSSR count). The molecule has 8 nitrogen and oxygen atoms in total. The van der Waals surface area contributed by atoms with Crippen LogP contribution in [0.15, 0.2) is 37.1 Å². The normalized spacial score (nSPS) is 22.5. The summed E-state index contributed by atoms with van der Waals surface area (Å²) in [5.74, 6) is 1.57. The lowest BCUT2D eigenvalue weighted by molar-refractivity contribution is -0.125. The van der Waals surface area contributed by atoms with Gasteiger partial charge in [-0.25, -0.2) is 9.37 Å². The minimum atomic E-state index is -0.330. The summed E-state index contributed by atoms with van der Waals surface area (Å²) >= 11 is 0. The number of anilines is 3. The monoisotopic (exact) mass is 507 g/mol. The molecule has 1 amide bonds. The molecule has 2 aromatic rings. The summed E-state index contributed by atoms with van der Waals surface area (Å²) in [6.07, 6.45) is 5.90. The lowest BCUT2D eigenvalue weighted by Gasteiger charge is -2.36. The molecule has 0 unspecified atom stereocenters. The second kappa shape index (κ2) is 10.3. The van der Waals surface area contributed by atoms with E-state index < -0.39 is 0 Å². The number of amides is 1. The topological polar surface area (TPSA) is 70.2 Å². The summed E-state index contributed by atoms with van der Waals surface area (Å²) in [5.41, 5.74) is 3.46. The number of hydrogen-bond donors (Lipinski definition) is 1. The number of piperidine rings is 1. The number of morpholine rings is 1. The molecule has 0 bridgehead atoms. The molecule has 3 saturated heterocycles. The number of benzene rings is 1. The fourth-order valence-corrected chi connectivity index (χ4v) is 6.16. The Bertz CT molecular complexity index is 1180. The van der Waals surface area contributed by atoms with Crippen molar-refractivity contribution < 1.29 is 18.7 Å². The van der Waals surface area contributed by atoms with Crippen molar-refractivity contribution in [3.8, 4) is 5.75 Å². The predicted molar refractivity (Wildman–Crippen MR) is 140 cm³/mol. The third-order valence-corrected chi connectivity index (χ3v) is 8.23. The maximum atomic E-state index is 14.9. The third kappa shape index (κ3) is 4.78. The zero-order valence-corrected chi connectivity index (χ0v) is 21.1. The van der Waals surface area contributed by atoms with Crippen LogP contribution in [0.4, 0.5) is 21.6 Å². The van der Waals surface area contributed by atoms with Crippen LogP contribution in [0, 0.1) is 5.82 Å². The number of aromatic nitrogens is 1. The SMILES string of the molecule is C=CC(=O)N1CC[C@@H](N2CCC(c3ccc4c(c3)Nc3ncc(F)c(N5CCOCC5)c3CO4)CC2)C1. The van der Waals surface area contributed by atoms with Crippen molar-refractivity contribution in [3.05, 3.63) is 54.0 Å². The molecule has 5 heterocycles. The van der Waals surface area contributed by atoms with Gasteiger partial charge in [-0.15, -0.1) is 0 Å². The molecule has 1 atom stereocenters. The van der Waals surface area contributed by atoms with E-state index in [4.69, 9.17) is 9.47 Å². The van der Waals surface area contributed by atoms with Crippen LogP contribution in [0.5, 0.6) is 5.75 Å². The van der Waals surface area contributed by atoms with Crippen molar-refractivity contribution in [2.24, 2.45) is 0 Å². The van der Waals surface area contributed by atoms with Gasteiger partial charge in [-0.2, -0.15) is 0 Å². The summed E-state index contributed by atoms with van der Waals surface area (Å²) in [6.45, 7) is 10.0. The highest BCUT2D eigenvalue weighted by Gasteiger charge is 2.32. The Hall–Kier alpha value is -3.17. The van der Waals surface area contributed by atoms with E-state index in [-0.39, 0.29) is 18.3 Å². The Morgan fingerprint density at radius 3 is 2.73 bits per heavy atom. The van der Waals surface area contributed by atoms with E-state index in [0.29, 0.717) is 49.8 Å². The van der Waals surface area contributed by atoms with Crippen LogP contribution in [0.25, 0.3) is 0 Å². The minimum Gasteiger partial charge on any atom is -0.486 e. The largest absolute Gasteiger partial charge is 0.486 e. The molecule has 1 aromatic heterocycles. The maximum Gasteiger partial charge on any atom is 0.246 e. The Morgan fingerprint density at radius 1 is 1.14 bits per heavy atom. The minimum absolute atomic E-state index is 0.0351.